The predicted molar refractivity (Wildman–Crippen MR) is 118 cm³/mol. The molecule has 1 aromatic carbocycles. The monoisotopic (exact) mass is 438 g/mol. The lowest BCUT2D eigenvalue weighted by Crippen LogP contribution is -2.32. The number of anilines is 1. The molecule has 1 aliphatic carbocycles. The summed E-state index contributed by atoms with van der Waals surface area (Å²) in [6.45, 7) is 1.18. The van der Waals surface area contributed by atoms with E-state index in [1.807, 2.05) is 0 Å². The van der Waals surface area contributed by atoms with E-state index in [-0.39, 0.29) is 23.2 Å². The summed E-state index contributed by atoms with van der Waals surface area (Å²) in [6, 6.07) is 7.98. The highest BCUT2D eigenvalue weighted by molar-refractivity contribution is 7.17. The van der Waals surface area contributed by atoms with E-state index in [0.29, 0.717) is 28.1 Å². The zero-order chi connectivity index (χ0) is 21.4. The van der Waals surface area contributed by atoms with E-state index in [1.54, 1.807) is 24.3 Å². The van der Waals surface area contributed by atoms with Crippen molar-refractivity contribution in [3.63, 3.8) is 0 Å². The molecule has 7 nitrogen and oxygen atoms in total. The maximum absolute atomic E-state index is 13.0. The Bertz CT molecular complexity index is 1220. The van der Waals surface area contributed by atoms with Crippen LogP contribution in [0.5, 0.6) is 0 Å². The number of hydrogen-bond donors (Lipinski definition) is 2. The number of ether oxygens (including phenoxy) is 1. The first-order valence-electron chi connectivity index (χ1n) is 10.5. The van der Waals surface area contributed by atoms with E-state index < -0.39 is 5.91 Å². The second-order valence-corrected chi connectivity index (χ2v) is 8.94. The molecule has 3 heterocycles. The molecule has 2 aliphatic rings. The second kappa shape index (κ2) is 8.28. The normalized spacial score (nSPS) is 17.6. The lowest BCUT2D eigenvalue weighted by atomic mass is 10.1. The van der Waals surface area contributed by atoms with E-state index >= 15 is 0 Å². The van der Waals surface area contributed by atoms with E-state index in [4.69, 9.17) is 9.15 Å². The summed E-state index contributed by atoms with van der Waals surface area (Å²) >= 11 is 1.42. The Hall–Kier alpha value is -2.97. The van der Waals surface area contributed by atoms with Crippen molar-refractivity contribution in [2.45, 2.75) is 38.2 Å². The van der Waals surface area contributed by atoms with Crippen molar-refractivity contribution in [2.75, 3.05) is 18.5 Å². The average Bonchev–Trinajstić information content (AvgIpc) is 3.50. The van der Waals surface area contributed by atoms with E-state index in [9.17, 15) is 14.4 Å². The highest BCUT2D eigenvalue weighted by atomic mass is 32.1. The number of thiophene rings is 1. The number of benzene rings is 1. The number of amides is 2. The number of aryl methyl sites for hydroxylation is 1. The molecule has 5 rings (SSSR count). The number of hydrogen-bond acceptors (Lipinski definition) is 6. The van der Waals surface area contributed by atoms with Crippen LogP contribution in [0.3, 0.4) is 0 Å². The van der Waals surface area contributed by atoms with Crippen LogP contribution >= 0.6 is 11.3 Å². The topological polar surface area (TPSA) is 97.6 Å². The van der Waals surface area contributed by atoms with Gasteiger partial charge in [-0.1, -0.05) is 12.1 Å². The Morgan fingerprint density at radius 2 is 2.00 bits per heavy atom. The molecule has 1 saturated heterocycles. The van der Waals surface area contributed by atoms with Crippen LogP contribution in [0.1, 0.15) is 50.6 Å². The van der Waals surface area contributed by atoms with Crippen molar-refractivity contribution >= 4 is 39.1 Å². The Kier molecular flexibility index (Phi) is 5.33. The lowest BCUT2D eigenvalue weighted by Gasteiger charge is -2.12. The molecular formula is C23H22N2O5S. The maximum atomic E-state index is 13.0. The fourth-order valence-electron chi connectivity index (χ4n) is 4.21. The Balaban J connectivity index is 1.41. The number of fused-ring (bicyclic) bond motifs is 2. The summed E-state index contributed by atoms with van der Waals surface area (Å²) in [5.74, 6) is -0.830. The summed E-state index contributed by atoms with van der Waals surface area (Å²) in [5, 5.41) is 6.69. The van der Waals surface area contributed by atoms with Gasteiger partial charge in [-0.25, -0.2) is 0 Å². The molecule has 2 N–H and O–H groups in total. The third-order valence-electron chi connectivity index (χ3n) is 5.75. The quantitative estimate of drug-likeness (QED) is 0.635. The molecule has 2 amide bonds. The van der Waals surface area contributed by atoms with Crippen LogP contribution in [0.25, 0.3) is 11.0 Å². The van der Waals surface area contributed by atoms with Crippen LogP contribution in [-0.2, 0) is 17.6 Å². The molecule has 2 aromatic heterocycles. The van der Waals surface area contributed by atoms with Crippen LogP contribution in [0.4, 0.5) is 5.00 Å². The molecular weight excluding hydrogens is 416 g/mol. The fraction of sp³-hybridized carbons (Fsp3) is 0.348. The number of nitrogens with one attached hydrogen (secondary N) is 2. The zero-order valence-electron chi connectivity index (χ0n) is 16.9. The Morgan fingerprint density at radius 1 is 1.13 bits per heavy atom. The van der Waals surface area contributed by atoms with Gasteiger partial charge in [0.2, 0.25) is 0 Å². The number of rotatable bonds is 5. The van der Waals surface area contributed by atoms with Crippen LogP contribution in [0.2, 0.25) is 0 Å². The number of carbonyl (C=O) groups excluding carboxylic acids is 2. The molecule has 1 fully saturated rings. The van der Waals surface area contributed by atoms with Gasteiger partial charge in [-0.05, 0) is 49.8 Å². The van der Waals surface area contributed by atoms with E-state index in [2.05, 4.69) is 10.6 Å². The summed E-state index contributed by atoms with van der Waals surface area (Å²) < 4.78 is 11.2. The van der Waals surface area contributed by atoms with Crippen LogP contribution in [-0.4, -0.2) is 31.1 Å². The molecule has 0 saturated carbocycles. The number of para-hydroxylation sites is 1. The third kappa shape index (κ3) is 3.88. The van der Waals surface area contributed by atoms with Gasteiger partial charge in [0.25, 0.3) is 11.8 Å². The van der Waals surface area contributed by atoms with Crippen LogP contribution in [0.15, 0.2) is 39.5 Å². The van der Waals surface area contributed by atoms with Gasteiger partial charge in [-0.3, -0.25) is 14.4 Å². The highest BCUT2D eigenvalue weighted by Gasteiger charge is 2.29. The van der Waals surface area contributed by atoms with Crippen molar-refractivity contribution in [2.24, 2.45) is 0 Å². The molecule has 0 spiro atoms. The van der Waals surface area contributed by atoms with Crippen LogP contribution < -0.4 is 16.1 Å². The van der Waals surface area contributed by atoms with Gasteiger partial charge in [0.15, 0.2) is 11.2 Å². The minimum Gasteiger partial charge on any atom is -0.451 e. The maximum Gasteiger partial charge on any atom is 0.292 e. The van der Waals surface area contributed by atoms with Crippen molar-refractivity contribution < 1.29 is 18.7 Å². The average molecular weight is 439 g/mol. The Labute approximate surface area is 182 Å². The SMILES string of the molecule is O=C(Nc1sc2c(c1C(=O)NC[C@@H]1CCCO1)CCC2)c1cc(=O)c2ccccc2o1. The van der Waals surface area contributed by atoms with Gasteiger partial charge >= 0.3 is 0 Å². The summed E-state index contributed by atoms with van der Waals surface area (Å²) in [7, 11) is 0. The number of carbonyl (C=O) groups is 2. The summed E-state index contributed by atoms with van der Waals surface area (Å²) in [5.41, 5.74) is 1.59. The first-order valence-corrected chi connectivity index (χ1v) is 11.3. The second-order valence-electron chi connectivity index (χ2n) is 7.83. The standard InChI is InChI=1S/C23H22N2O5S/c26-16-11-18(30-17-8-2-1-6-14(16)17)21(27)25-23-20(15-7-3-9-19(15)31-23)22(28)24-12-13-5-4-10-29-13/h1-2,6,8,11,13H,3-5,7,9-10,12H2,(H,24,28)(H,25,27)/t13-/m0/s1. The van der Waals surface area contributed by atoms with Crippen molar-refractivity contribution in [3.05, 3.63) is 62.3 Å². The predicted octanol–water partition coefficient (Wildman–Crippen LogP) is 3.50. The first kappa shape index (κ1) is 20.0. The summed E-state index contributed by atoms with van der Waals surface area (Å²) in [4.78, 5) is 39.4. The van der Waals surface area contributed by atoms with Gasteiger partial charge in [-0.2, -0.15) is 0 Å². The zero-order valence-corrected chi connectivity index (χ0v) is 17.7. The first-order chi connectivity index (χ1) is 15.1. The molecule has 1 aliphatic heterocycles. The van der Waals surface area contributed by atoms with Crippen molar-refractivity contribution in [3.8, 4) is 0 Å². The fourth-order valence-corrected chi connectivity index (χ4v) is 5.50. The van der Waals surface area contributed by atoms with Gasteiger partial charge < -0.3 is 19.8 Å². The molecule has 8 heteroatoms. The van der Waals surface area contributed by atoms with Gasteiger partial charge in [0.1, 0.15) is 10.6 Å². The minimum atomic E-state index is -0.545. The molecule has 1 atom stereocenters. The van der Waals surface area contributed by atoms with Gasteiger partial charge in [-0.15, -0.1) is 11.3 Å². The Morgan fingerprint density at radius 3 is 2.84 bits per heavy atom. The molecule has 0 radical (unpaired) electrons. The third-order valence-corrected chi connectivity index (χ3v) is 6.96. The van der Waals surface area contributed by atoms with Crippen LogP contribution in [0, 0.1) is 0 Å². The smallest absolute Gasteiger partial charge is 0.292 e. The van der Waals surface area contributed by atoms with Gasteiger partial charge in [0, 0.05) is 24.1 Å². The van der Waals surface area contributed by atoms with E-state index in [1.165, 1.54) is 17.4 Å². The van der Waals surface area contributed by atoms with E-state index in [0.717, 1.165) is 49.2 Å². The van der Waals surface area contributed by atoms with Crippen molar-refractivity contribution in [1.82, 2.24) is 5.32 Å². The largest absolute Gasteiger partial charge is 0.451 e. The summed E-state index contributed by atoms with van der Waals surface area (Å²) in [6.07, 6.45) is 4.70. The molecule has 3 aromatic rings. The molecule has 160 valence electrons. The molecule has 31 heavy (non-hydrogen) atoms. The van der Waals surface area contributed by atoms with Crippen molar-refractivity contribution in [1.29, 1.82) is 0 Å². The lowest BCUT2D eigenvalue weighted by molar-refractivity contribution is 0.0858. The molecule has 0 unspecified atom stereocenters. The minimum absolute atomic E-state index is 0.0422. The highest BCUT2D eigenvalue weighted by Crippen LogP contribution is 2.39. The van der Waals surface area contributed by atoms with Gasteiger partial charge in [0.05, 0.1) is 17.1 Å². The molecule has 0 bridgehead atoms.